The van der Waals surface area contributed by atoms with Crippen LogP contribution in [0.2, 0.25) is 0 Å². The lowest BCUT2D eigenvalue weighted by molar-refractivity contribution is 0.0733. The minimum Gasteiger partial charge on any atom is -0.382 e. The number of hydrogen-bond acceptors (Lipinski definition) is 4. The van der Waals surface area contributed by atoms with Gasteiger partial charge in [-0.05, 0) is 34.5 Å². The van der Waals surface area contributed by atoms with Crippen LogP contribution in [-0.2, 0) is 9.47 Å². The normalized spacial score (nSPS) is 18.0. The summed E-state index contributed by atoms with van der Waals surface area (Å²) in [5.74, 6) is 0.823. The minimum atomic E-state index is 0.387. The van der Waals surface area contributed by atoms with Crippen molar-refractivity contribution >= 4 is 27.6 Å². The maximum Gasteiger partial charge on any atom is 0.191 e. The summed E-state index contributed by atoms with van der Waals surface area (Å²) in [7, 11) is 3.47. The van der Waals surface area contributed by atoms with E-state index in [4.69, 9.17) is 9.47 Å². The van der Waals surface area contributed by atoms with Gasteiger partial charge in [-0.3, -0.25) is 4.99 Å². The lowest BCUT2D eigenvalue weighted by atomic mass is 10.3. The van der Waals surface area contributed by atoms with Gasteiger partial charge in [0.1, 0.15) is 0 Å². The molecule has 0 bridgehead atoms. The largest absolute Gasteiger partial charge is 0.382 e. The van der Waals surface area contributed by atoms with Gasteiger partial charge in [-0.25, -0.2) is 0 Å². The van der Waals surface area contributed by atoms with E-state index >= 15 is 0 Å². The molecule has 24 heavy (non-hydrogen) atoms. The van der Waals surface area contributed by atoms with Crippen molar-refractivity contribution in [3.8, 4) is 0 Å². The van der Waals surface area contributed by atoms with Gasteiger partial charge in [-0.1, -0.05) is 12.1 Å². The first-order valence-electron chi connectivity index (χ1n) is 8.28. The van der Waals surface area contributed by atoms with Crippen molar-refractivity contribution in [2.45, 2.75) is 12.5 Å². The number of halogens is 1. The van der Waals surface area contributed by atoms with E-state index in [1.54, 1.807) is 14.2 Å². The summed E-state index contributed by atoms with van der Waals surface area (Å²) in [6, 6.07) is 8.74. The third-order valence-electron chi connectivity index (χ3n) is 3.92. The number of nitrogens with zero attached hydrogens (tertiary/aromatic N) is 2. The zero-order valence-corrected chi connectivity index (χ0v) is 16.0. The average molecular weight is 399 g/mol. The van der Waals surface area contributed by atoms with Crippen molar-refractivity contribution < 1.29 is 9.47 Å². The van der Waals surface area contributed by atoms with Gasteiger partial charge in [-0.2, -0.15) is 0 Å². The monoisotopic (exact) mass is 398 g/mol. The second-order valence-corrected chi connectivity index (χ2v) is 6.49. The van der Waals surface area contributed by atoms with Gasteiger partial charge in [-0.15, -0.1) is 0 Å². The van der Waals surface area contributed by atoms with Gasteiger partial charge in [0.25, 0.3) is 0 Å². The molecule has 0 radical (unpaired) electrons. The van der Waals surface area contributed by atoms with Crippen LogP contribution >= 0.6 is 15.9 Å². The molecule has 2 rings (SSSR count). The maximum atomic E-state index is 5.44. The molecule has 1 aliphatic rings. The van der Waals surface area contributed by atoms with E-state index in [0.717, 1.165) is 36.5 Å². The van der Waals surface area contributed by atoms with Crippen LogP contribution in [0.5, 0.6) is 0 Å². The summed E-state index contributed by atoms with van der Waals surface area (Å²) in [5, 5.41) is 6.77. The molecule has 1 atom stereocenters. The fourth-order valence-corrected chi connectivity index (χ4v) is 3.21. The molecule has 2 N–H and O–H groups in total. The van der Waals surface area contributed by atoms with E-state index in [1.165, 1.54) is 5.69 Å². The smallest absolute Gasteiger partial charge is 0.191 e. The van der Waals surface area contributed by atoms with Crippen LogP contribution in [0.25, 0.3) is 0 Å². The average Bonchev–Trinajstić information content (AvgIpc) is 3.05. The first-order valence-corrected chi connectivity index (χ1v) is 9.07. The van der Waals surface area contributed by atoms with Gasteiger partial charge in [0.05, 0.1) is 25.5 Å². The number of para-hydroxylation sites is 1. The summed E-state index contributed by atoms with van der Waals surface area (Å²) in [4.78, 5) is 6.68. The Kier molecular flexibility index (Phi) is 8.35. The highest BCUT2D eigenvalue weighted by Crippen LogP contribution is 2.28. The van der Waals surface area contributed by atoms with E-state index in [0.29, 0.717) is 25.9 Å². The third-order valence-corrected chi connectivity index (χ3v) is 4.59. The fraction of sp³-hybridized carbons (Fsp3) is 0.588. The number of rotatable bonds is 8. The highest BCUT2D eigenvalue weighted by Gasteiger charge is 2.24. The topological polar surface area (TPSA) is 58.1 Å². The number of methoxy groups -OCH3 is 1. The summed E-state index contributed by atoms with van der Waals surface area (Å²) in [6.07, 6.45) is 1.09. The van der Waals surface area contributed by atoms with Crippen molar-refractivity contribution in [2.24, 2.45) is 4.99 Å². The number of benzene rings is 1. The molecule has 1 fully saturated rings. The Hall–Kier alpha value is -1.31. The summed E-state index contributed by atoms with van der Waals surface area (Å²) in [5.41, 5.74) is 1.25. The van der Waals surface area contributed by atoms with Crippen LogP contribution in [0.1, 0.15) is 6.42 Å². The highest BCUT2D eigenvalue weighted by atomic mass is 79.9. The Balaban J connectivity index is 1.72. The lowest BCUT2D eigenvalue weighted by Gasteiger charge is -2.21. The minimum absolute atomic E-state index is 0.387. The van der Waals surface area contributed by atoms with Crippen LogP contribution in [0.3, 0.4) is 0 Å². The molecule has 134 valence electrons. The Morgan fingerprint density at radius 2 is 2.17 bits per heavy atom. The molecule has 7 heteroatoms. The molecule has 1 aromatic rings. The van der Waals surface area contributed by atoms with Crippen molar-refractivity contribution in [3.63, 3.8) is 0 Å². The zero-order chi connectivity index (χ0) is 17.2. The summed E-state index contributed by atoms with van der Waals surface area (Å²) >= 11 is 3.63. The zero-order valence-electron chi connectivity index (χ0n) is 14.4. The number of guanidine groups is 1. The molecule has 0 spiro atoms. The van der Waals surface area contributed by atoms with E-state index in [9.17, 15) is 0 Å². The second-order valence-electron chi connectivity index (χ2n) is 5.63. The van der Waals surface area contributed by atoms with Crippen molar-refractivity contribution in [1.29, 1.82) is 0 Å². The maximum absolute atomic E-state index is 5.44. The standard InChI is InChI=1S/C17H27BrN4O2/c1-19-17(20-8-10-24-12-11-23-2)21-14-7-9-22(13-14)16-6-4-3-5-15(16)18/h3-6,14H,7-13H2,1-2H3,(H2,19,20,21). The number of ether oxygens (including phenoxy) is 2. The van der Waals surface area contributed by atoms with Gasteiger partial charge in [0.2, 0.25) is 0 Å². The highest BCUT2D eigenvalue weighted by molar-refractivity contribution is 9.10. The molecular weight excluding hydrogens is 372 g/mol. The van der Waals surface area contributed by atoms with Crippen LogP contribution in [0, 0.1) is 0 Å². The molecule has 0 saturated carbocycles. The quantitative estimate of drug-likeness (QED) is 0.397. The molecular formula is C17H27BrN4O2. The van der Waals surface area contributed by atoms with Crippen LogP contribution in [-0.4, -0.2) is 65.6 Å². The molecule has 6 nitrogen and oxygen atoms in total. The van der Waals surface area contributed by atoms with Gasteiger partial charge < -0.3 is 25.0 Å². The summed E-state index contributed by atoms with van der Waals surface area (Å²) in [6.45, 7) is 4.61. The van der Waals surface area contributed by atoms with E-state index in [-0.39, 0.29) is 0 Å². The Morgan fingerprint density at radius 1 is 1.33 bits per heavy atom. The third kappa shape index (κ3) is 5.96. The molecule has 1 saturated heterocycles. The number of aliphatic imine (C=N–C) groups is 1. The molecule has 1 aliphatic heterocycles. The molecule has 0 amide bonds. The Bertz CT molecular complexity index is 527. The Morgan fingerprint density at radius 3 is 2.92 bits per heavy atom. The SMILES string of the molecule is CN=C(NCCOCCOC)NC1CCN(c2ccccc2Br)C1. The molecule has 0 aliphatic carbocycles. The predicted molar refractivity (Wildman–Crippen MR) is 102 cm³/mol. The molecule has 1 heterocycles. The number of hydrogen-bond donors (Lipinski definition) is 2. The lowest BCUT2D eigenvalue weighted by Crippen LogP contribution is -2.45. The Labute approximate surface area is 152 Å². The van der Waals surface area contributed by atoms with Gasteiger partial charge >= 0.3 is 0 Å². The van der Waals surface area contributed by atoms with E-state index in [2.05, 4.69) is 54.7 Å². The van der Waals surface area contributed by atoms with Crippen molar-refractivity contribution in [3.05, 3.63) is 28.7 Å². The first-order chi connectivity index (χ1) is 11.7. The van der Waals surface area contributed by atoms with Crippen molar-refractivity contribution in [2.75, 3.05) is 58.5 Å². The van der Waals surface area contributed by atoms with Crippen LogP contribution in [0.15, 0.2) is 33.7 Å². The van der Waals surface area contributed by atoms with Crippen LogP contribution in [0.4, 0.5) is 5.69 Å². The second kappa shape index (κ2) is 10.5. The van der Waals surface area contributed by atoms with Crippen LogP contribution < -0.4 is 15.5 Å². The van der Waals surface area contributed by atoms with E-state index < -0.39 is 0 Å². The first kappa shape index (κ1) is 19.0. The molecule has 1 unspecified atom stereocenters. The van der Waals surface area contributed by atoms with E-state index in [1.807, 2.05) is 6.07 Å². The number of anilines is 1. The molecule has 0 aromatic heterocycles. The number of nitrogens with one attached hydrogen (secondary N) is 2. The summed E-state index contributed by atoms with van der Waals surface area (Å²) < 4.78 is 11.5. The predicted octanol–water partition coefficient (Wildman–Crippen LogP) is 1.86. The van der Waals surface area contributed by atoms with Crippen molar-refractivity contribution in [1.82, 2.24) is 10.6 Å². The van der Waals surface area contributed by atoms with Gasteiger partial charge in [0, 0.05) is 44.3 Å². The van der Waals surface area contributed by atoms with Gasteiger partial charge in [0.15, 0.2) is 5.96 Å². The fourth-order valence-electron chi connectivity index (χ4n) is 2.68. The molecule has 1 aromatic carbocycles.